The van der Waals surface area contributed by atoms with Gasteiger partial charge in [-0.1, -0.05) is 30.3 Å². The molecule has 1 unspecified atom stereocenters. The third-order valence-electron chi connectivity index (χ3n) is 4.59. The second-order valence-electron chi connectivity index (χ2n) is 6.97. The maximum Gasteiger partial charge on any atom is 0.219 e. The van der Waals surface area contributed by atoms with E-state index in [9.17, 15) is 4.79 Å². The number of likely N-dealkylation sites (N-methyl/N-ethyl adjacent to an activating group) is 1. The van der Waals surface area contributed by atoms with Gasteiger partial charge < -0.3 is 14.8 Å². The number of anilines is 1. The number of H-pyrrole nitrogens is 1. The van der Waals surface area contributed by atoms with Crippen molar-refractivity contribution in [1.29, 1.82) is 0 Å². The molecule has 0 fully saturated rings. The molecular weight excluding hydrogens is 310 g/mol. The molecule has 0 radical (unpaired) electrons. The molecule has 1 atom stereocenters. The highest BCUT2D eigenvalue weighted by Crippen LogP contribution is 2.21. The fourth-order valence-electron chi connectivity index (χ4n) is 3.32. The Morgan fingerprint density at radius 3 is 2.44 bits per heavy atom. The maximum atomic E-state index is 12.8. The molecule has 2 N–H and O–H groups in total. The number of para-hydroxylation sites is 1. The highest BCUT2D eigenvalue weighted by molar-refractivity contribution is 6.09. The number of aromatic amines is 1. The first-order valence-electron chi connectivity index (χ1n) is 8.64. The van der Waals surface area contributed by atoms with Gasteiger partial charge in [0.05, 0.1) is 12.6 Å². The summed E-state index contributed by atoms with van der Waals surface area (Å²) in [4.78, 5) is 19.4. The summed E-state index contributed by atoms with van der Waals surface area (Å²) in [6.07, 6.45) is 0. The molecule has 0 amide bonds. The Morgan fingerprint density at radius 2 is 1.76 bits per heavy atom. The third kappa shape index (κ3) is 3.74. The summed E-state index contributed by atoms with van der Waals surface area (Å²) in [5, 5.41) is 1.02. The number of ketones is 1. The van der Waals surface area contributed by atoms with E-state index in [0.717, 1.165) is 28.7 Å². The van der Waals surface area contributed by atoms with Crippen molar-refractivity contribution >= 4 is 22.4 Å². The predicted octanol–water partition coefficient (Wildman–Crippen LogP) is 2.44. The van der Waals surface area contributed by atoms with Crippen LogP contribution in [0.25, 0.3) is 10.9 Å². The summed E-state index contributed by atoms with van der Waals surface area (Å²) in [6, 6.07) is 16.5. The summed E-state index contributed by atoms with van der Waals surface area (Å²) in [7, 11) is 6.14. The van der Waals surface area contributed by atoms with Crippen molar-refractivity contribution in [3.8, 4) is 0 Å². The van der Waals surface area contributed by atoms with E-state index in [1.807, 2.05) is 45.3 Å². The SMILES string of the molecule is Cc1[nH]c2ccccc2c1C(=O)C[NH+](C)Cc1ccc(N(C)C)cc1. The first kappa shape index (κ1) is 17.2. The van der Waals surface area contributed by atoms with E-state index in [4.69, 9.17) is 0 Å². The normalized spacial score (nSPS) is 12.3. The monoisotopic (exact) mass is 336 g/mol. The van der Waals surface area contributed by atoms with Crippen LogP contribution in [0.3, 0.4) is 0 Å². The van der Waals surface area contributed by atoms with Crippen LogP contribution in [0.2, 0.25) is 0 Å². The zero-order chi connectivity index (χ0) is 18.0. The highest BCUT2D eigenvalue weighted by Gasteiger charge is 2.19. The second-order valence-corrected chi connectivity index (χ2v) is 6.97. The molecular formula is C21H26N3O+. The highest BCUT2D eigenvalue weighted by atomic mass is 16.1. The Morgan fingerprint density at radius 1 is 1.08 bits per heavy atom. The minimum Gasteiger partial charge on any atom is -0.378 e. The van der Waals surface area contributed by atoms with E-state index in [2.05, 4.69) is 41.2 Å². The van der Waals surface area contributed by atoms with E-state index < -0.39 is 0 Å². The van der Waals surface area contributed by atoms with Gasteiger partial charge in [0.15, 0.2) is 0 Å². The Bertz CT molecular complexity index is 878. The lowest BCUT2D eigenvalue weighted by Crippen LogP contribution is -3.08. The number of carbonyl (C=O) groups excluding carboxylic acids is 1. The zero-order valence-electron chi connectivity index (χ0n) is 15.4. The van der Waals surface area contributed by atoms with Crippen molar-refractivity contribution in [1.82, 2.24) is 4.98 Å². The fraction of sp³-hybridized carbons (Fsp3) is 0.286. The van der Waals surface area contributed by atoms with E-state index in [1.54, 1.807) is 0 Å². The van der Waals surface area contributed by atoms with Crippen LogP contribution in [0.4, 0.5) is 5.69 Å². The molecule has 0 aliphatic heterocycles. The number of nitrogens with one attached hydrogen (secondary N) is 2. The molecule has 3 rings (SSSR count). The number of rotatable bonds is 6. The van der Waals surface area contributed by atoms with Gasteiger partial charge in [-0.3, -0.25) is 4.79 Å². The van der Waals surface area contributed by atoms with Crippen LogP contribution < -0.4 is 9.80 Å². The van der Waals surface area contributed by atoms with Gasteiger partial charge in [0.1, 0.15) is 13.1 Å². The minimum absolute atomic E-state index is 0.192. The average molecular weight is 336 g/mol. The van der Waals surface area contributed by atoms with Gasteiger partial charge >= 0.3 is 0 Å². The summed E-state index contributed by atoms with van der Waals surface area (Å²) < 4.78 is 0. The van der Waals surface area contributed by atoms with Crippen molar-refractivity contribution < 1.29 is 9.69 Å². The summed E-state index contributed by atoms with van der Waals surface area (Å²) in [5.74, 6) is 0.192. The number of Topliss-reactive ketones (excluding diaryl/α,β-unsaturated/α-hetero) is 1. The lowest BCUT2D eigenvalue weighted by Gasteiger charge is -2.15. The smallest absolute Gasteiger partial charge is 0.219 e. The fourth-order valence-corrected chi connectivity index (χ4v) is 3.32. The Balaban J connectivity index is 1.70. The summed E-state index contributed by atoms with van der Waals surface area (Å²) >= 11 is 0. The number of benzene rings is 2. The first-order valence-corrected chi connectivity index (χ1v) is 8.64. The number of quaternary nitrogens is 1. The van der Waals surface area contributed by atoms with Gasteiger partial charge in [0.2, 0.25) is 5.78 Å². The predicted molar refractivity (Wildman–Crippen MR) is 104 cm³/mol. The Kier molecular flexibility index (Phi) is 4.91. The number of fused-ring (bicyclic) bond motifs is 1. The van der Waals surface area contributed by atoms with Gasteiger partial charge in [0.25, 0.3) is 0 Å². The van der Waals surface area contributed by atoms with Crippen molar-refractivity contribution in [2.75, 3.05) is 32.6 Å². The van der Waals surface area contributed by atoms with Crippen LogP contribution in [-0.4, -0.2) is 38.5 Å². The van der Waals surface area contributed by atoms with Crippen LogP contribution in [0, 0.1) is 6.92 Å². The van der Waals surface area contributed by atoms with Crippen molar-refractivity contribution in [2.45, 2.75) is 13.5 Å². The number of carbonyl (C=O) groups is 1. The lowest BCUT2D eigenvalue weighted by molar-refractivity contribution is -0.884. The molecule has 1 heterocycles. The molecule has 0 bridgehead atoms. The second kappa shape index (κ2) is 7.11. The molecule has 4 nitrogen and oxygen atoms in total. The Hall–Kier alpha value is -2.59. The molecule has 1 aromatic heterocycles. The van der Waals surface area contributed by atoms with Crippen LogP contribution in [0.1, 0.15) is 21.6 Å². The first-order chi connectivity index (χ1) is 12.0. The van der Waals surface area contributed by atoms with Gasteiger partial charge in [-0.2, -0.15) is 0 Å². The minimum atomic E-state index is 0.192. The van der Waals surface area contributed by atoms with E-state index in [1.165, 1.54) is 16.2 Å². The van der Waals surface area contributed by atoms with Gasteiger partial charge in [-0.05, 0) is 25.1 Å². The third-order valence-corrected chi connectivity index (χ3v) is 4.59. The molecule has 4 heteroatoms. The standard InChI is InChI=1S/C21H25N3O/c1-15-21(18-7-5-6-8-19(18)22-15)20(25)14-24(4)13-16-9-11-17(12-10-16)23(2)3/h5-12,22H,13-14H2,1-4H3/p+1. The van der Waals surface area contributed by atoms with E-state index >= 15 is 0 Å². The quantitative estimate of drug-likeness (QED) is 0.679. The summed E-state index contributed by atoms with van der Waals surface area (Å²) in [6.45, 7) is 3.29. The van der Waals surface area contributed by atoms with E-state index in [-0.39, 0.29) is 5.78 Å². The average Bonchev–Trinajstić information content (AvgIpc) is 2.90. The Labute approximate surface area is 149 Å². The van der Waals surface area contributed by atoms with Crippen molar-refractivity contribution in [3.63, 3.8) is 0 Å². The van der Waals surface area contributed by atoms with Crippen molar-refractivity contribution in [2.24, 2.45) is 0 Å². The molecule has 2 aromatic carbocycles. The molecule has 0 saturated carbocycles. The number of aryl methyl sites for hydroxylation is 1. The lowest BCUT2D eigenvalue weighted by atomic mass is 10.1. The zero-order valence-corrected chi connectivity index (χ0v) is 15.4. The molecule has 0 saturated heterocycles. The van der Waals surface area contributed by atoms with Crippen LogP contribution in [-0.2, 0) is 6.54 Å². The molecule has 130 valence electrons. The topological polar surface area (TPSA) is 40.5 Å². The number of nitrogens with zero attached hydrogens (tertiary/aromatic N) is 1. The molecule has 3 aromatic rings. The number of aromatic nitrogens is 1. The molecule has 25 heavy (non-hydrogen) atoms. The molecule has 0 spiro atoms. The molecule has 0 aliphatic rings. The number of hydrogen-bond donors (Lipinski definition) is 2. The van der Waals surface area contributed by atoms with Gasteiger partial charge in [-0.25, -0.2) is 0 Å². The van der Waals surface area contributed by atoms with Gasteiger partial charge in [0, 0.05) is 41.9 Å². The summed E-state index contributed by atoms with van der Waals surface area (Å²) in [5.41, 5.74) is 5.24. The molecule has 0 aliphatic carbocycles. The van der Waals surface area contributed by atoms with Crippen LogP contribution in [0.15, 0.2) is 48.5 Å². The number of hydrogen-bond acceptors (Lipinski definition) is 2. The van der Waals surface area contributed by atoms with Gasteiger partial charge in [-0.15, -0.1) is 0 Å². The maximum absolute atomic E-state index is 12.8. The van der Waals surface area contributed by atoms with Crippen LogP contribution in [0.5, 0.6) is 0 Å². The van der Waals surface area contributed by atoms with Crippen LogP contribution >= 0.6 is 0 Å². The van der Waals surface area contributed by atoms with E-state index in [0.29, 0.717) is 6.54 Å². The largest absolute Gasteiger partial charge is 0.378 e. The van der Waals surface area contributed by atoms with Crippen molar-refractivity contribution in [3.05, 3.63) is 65.4 Å².